The first-order valence-electron chi connectivity index (χ1n) is 6.27. The van der Waals surface area contributed by atoms with Gasteiger partial charge in [-0.05, 0) is 32.5 Å². The molecule has 3 heteroatoms. The van der Waals surface area contributed by atoms with Crippen LogP contribution >= 0.6 is 0 Å². The van der Waals surface area contributed by atoms with Gasteiger partial charge in [-0.15, -0.1) is 0 Å². The Morgan fingerprint density at radius 1 is 1.27 bits per heavy atom. The number of carbonyl (C=O) groups is 1. The van der Waals surface area contributed by atoms with Crippen LogP contribution in [0.5, 0.6) is 0 Å². The molecule has 1 fully saturated rings. The summed E-state index contributed by atoms with van der Waals surface area (Å²) >= 11 is 0. The highest BCUT2D eigenvalue weighted by Gasteiger charge is 2.23. The number of nitrogens with zero attached hydrogens (tertiary/aromatic N) is 1. The fraction of sp³-hybridized carbons (Fsp3) is 0.917. The topological polar surface area (TPSA) is 32.3 Å². The van der Waals surface area contributed by atoms with Crippen molar-refractivity contribution in [2.45, 2.75) is 45.6 Å². The molecule has 88 valence electrons. The zero-order valence-corrected chi connectivity index (χ0v) is 10.1. The zero-order valence-electron chi connectivity index (χ0n) is 10.1. The Morgan fingerprint density at radius 3 is 2.67 bits per heavy atom. The highest BCUT2D eigenvalue weighted by molar-refractivity contribution is 5.84. The normalized spacial score (nSPS) is 24.7. The summed E-state index contributed by atoms with van der Waals surface area (Å²) in [7, 11) is 0. The van der Waals surface area contributed by atoms with E-state index >= 15 is 0 Å². The van der Waals surface area contributed by atoms with Crippen molar-refractivity contribution in [2.75, 3.05) is 26.2 Å². The first kappa shape index (κ1) is 12.7. The monoisotopic (exact) mass is 212 g/mol. The summed E-state index contributed by atoms with van der Waals surface area (Å²) in [6, 6.07) is 0.180. The zero-order chi connectivity index (χ0) is 11.1. The molecule has 0 aromatic rings. The van der Waals surface area contributed by atoms with Gasteiger partial charge in [0, 0.05) is 13.0 Å². The summed E-state index contributed by atoms with van der Waals surface area (Å²) in [5.74, 6) is 0.424. The second-order valence-corrected chi connectivity index (χ2v) is 4.20. The fourth-order valence-electron chi connectivity index (χ4n) is 2.30. The minimum Gasteiger partial charge on any atom is -0.316 e. The molecule has 0 aromatic heterocycles. The maximum atomic E-state index is 12.0. The lowest BCUT2D eigenvalue weighted by Gasteiger charge is -2.28. The van der Waals surface area contributed by atoms with Crippen molar-refractivity contribution in [1.29, 1.82) is 0 Å². The average molecular weight is 212 g/mol. The van der Waals surface area contributed by atoms with E-state index in [1.165, 1.54) is 12.8 Å². The average Bonchev–Trinajstić information content (AvgIpc) is 2.34. The van der Waals surface area contributed by atoms with Crippen molar-refractivity contribution in [3.8, 4) is 0 Å². The minimum absolute atomic E-state index is 0.180. The second-order valence-electron chi connectivity index (χ2n) is 4.20. The van der Waals surface area contributed by atoms with E-state index in [-0.39, 0.29) is 6.04 Å². The van der Waals surface area contributed by atoms with Crippen LogP contribution in [-0.4, -0.2) is 42.9 Å². The number of carbonyl (C=O) groups excluding carboxylic acids is 1. The van der Waals surface area contributed by atoms with Crippen LogP contribution in [-0.2, 0) is 4.79 Å². The van der Waals surface area contributed by atoms with E-state index in [1.807, 2.05) is 0 Å². The molecule has 3 nitrogen and oxygen atoms in total. The number of Topliss-reactive ketones (excluding diaryl/α,β-unsaturated/α-hetero) is 1. The molecule has 1 saturated heterocycles. The number of nitrogens with one attached hydrogen (secondary N) is 1. The van der Waals surface area contributed by atoms with Crippen molar-refractivity contribution in [3.05, 3.63) is 0 Å². The van der Waals surface area contributed by atoms with E-state index in [2.05, 4.69) is 24.1 Å². The van der Waals surface area contributed by atoms with Crippen LogP contribution in [0, 0.1) is 0 Å². The molecule has 0 saturated carbocycles. The third-order valence-electron chi connectivity index (χ3n) is 3.25. The molecule has 0 amide bonds. The third kappa shape index (κ3) is 3.92. The van der Waals surface area contributed by atoms with Crippen LogP contribution in [0.15, 0.2) is 0 Å². The van der Waals surface area contributed by atoms with Crippen LogP contribution in [0.25, 0.3) is 0 Å². The molecule has 0 bridgehead atoms. The van der Waals surface area contributed by atoms with E-state index < -0.39 is 0 Å². The Morgan fingerprint density at radius 2 is 2.00 bits per heavy atom. The number of likely N-dealkylation sites (N-methyl/N-ethyl adjacent to an activating group) is 1. The predicted molar refractivity (Wildman–Crippen MR) is 63.1 cm³/mol. The second kappa shape index (κ2) is 6.96. The summed E-state index contributed by atoms with van der Waals surface area (Å²) in [6.45, 7) is 8.18. The minimum atomic E-state index is 0.180. The summed E-state index contributed by atoms with van der Waals surface area (Å²) < 4.78 is 0. The van der Waals surface area contributed by atoms with E-state index in [0.717, 1.165) is 32.6 Å². The fourth-order valence-corrected chi connectivity index (χ4v) is 2.30. The van der Waals surface area contributed by atoms with E-state index in [0.29, 0.717) is 12.2 Å². The Labute approximate surface area is 93.2 Å². The molecule has 1 aliphatic heterocycles. The molecule has 1 aliphatic rings. The SMILES string of the molecule is CCN(CC)C1CCCCNCCC1=O. The smallest absolute Gasteiger partial charge is 0.151 e. The molecule has 1 rings (SSSR count). The standard InChI is InChI=1S/C12H24N2O/c1-3-14(4-2)11-7-5-6-9-13-10-8-12(11)15/h11,13H,3-10H2,1-2H3. The maximum absolute atomic E-state index is 12.0. The van der Waals surface area contributed by atoms with Crippen molar-refractivity contribution < 1.29 is 4.79 Å². The van der Waals surface area contributed by atoms with Crippen molar-refractivity contribution >= 4 is 5.78 Å². The predicted octanol–water partition coefficient (Wildman–Crippen LogP) is 1.43. The van der Waals surface area contributed by atoms with Gasteiger partial charge in [-0.25, -0.2) is 0 Å². The molecule has 1 N–H and O–H groups in total. The molecule has 0 radical (unpaired) electrons. The number of ketones is 1. The molecule has 0 spiro atoms. The van der Waals surface area contributed by atoms with Gasteiger partial charge >= 0.3 is 0 Å². The Balaban J connectivity index is 2.58. The quantitative estimate of drug-likeness (QED) is 0.768. The van der Waals surface area contributed by atoms with Gasteiger partial charge in [0.2, 0.25) is 0 Å². The highest BCUT2D eigenvalue weighted by atomic mass is 16.1. The molecule has 1 heterocycles. The van der Waals surface area contributed by atoms with Crippen molar-refractivity contribution in [3.63, 3.8) is 0 Å². The van der Waals surface area contributed by atoms with Gasteiger partial charge < -0.3 is 5.32 Å². The third-order valence-corrected chi connectivity index (χ3v) is 3.25. The van der Waals surface area contributed by atoms with Crippen molar-refractivity contribution in [1.82, 2.24) is 10.2 Å². The number of hydrogen-bond acceptors (Lipinski definition) is 3. The lowest BCUT2D eigenvalue weighted by molar-refractivity contribution is -0.124. The molecular weight excluding hydrogens is 188 g/mol. The first-order valence-corrected chi connectivity index (χ1v) is 6.27. The molecule has 0 aliphatic carbocycles. The van der Waals surface area contributed by atoms with E-state index in [1.54, 1.807) is 0 Å². The van der Waals surface area contributed by atoms with Gasteiger partial charge in [-0.2, -0.15) is 0 Å². The Kier molecular flexibility index (Phi) is 5.88. The van der Waals surface area contributed by atoms with Gasteiger partial charge in [0.05, 0.1) is 6.04 Å². The largest absolute Gasteiger partial charge is 0.316 e. The number of hydrogen-bond donors (Lipinski definition) is 1. The van der Waals surface area contributed by atoms with Crippen LogP contribution in [0.1, 0.15) is 39.5 Å². The van der Waals surface area contributed by atoms with Gasteiger partial charge in [0.15, 0.2) is 5.78 Å². The summed E-state index contributed by atoms with van der Waals surface area (Å²) in [6.07, 6.45) is 4.11. The molecule has 0 aromatic carbocycles. The summed E-state index contributed by atoms with van der Waals surface area (Å²) in [4.78, 5) is 14.3. The molecular formula is C12H24N2O. The van der Waals surface area contributed by atoms with E-state index in [4.69, 9.17) is 0 Å². The molecule has 1 unspecified atom stereocenters. The number of rotatable bonds is 3. The lowest BCUT2D eigenvalue weighted by atomic mass is 10.0. The Hall–Kier alpha value is -0.410. The highest BCUT2D eigenvalue weighted by Crippen LogP contribution is 2.12. The summed E-state index contributed by atoms with van der Waals surface area (Å²) in [5.41, 5.74) is 0. The first-order chi connectivity index (χ1) is 7.29. The van der Waals surface area contributed by atoms with Crippen LogP contribution in [0.2, 0.25) is 0 Å². The Bertz CT molecular complexity index is 190. The van der Waals surface area contributed by atoms with Crippen LogP contribution in [0.4, 0.5) is 0 Å². The van der Waals surface area contributed by atoms with E-state index in [9.17, 15) is 4.79 Å². The summed E-state index contributed by atoms with van der Waals surface area (Å²) in [5, 5.41) is 3.31. The van der Waals surface area contributed by atoms with Gasteiger partial charge in [0.1, 0.15) is 0 Å². The maximum Gasteiger partial charge on any atom is 0.151 e. The lowest BCUT2D eigenvalue weighted by Crippen LogP contribution is -2.41. The molecule has 15 heavy (non-hydrogen) atoms. The van der Waals surface area contributed by atoms with Crippen molar-refractivity contribution in [2.24, 2.45) is 0 Å². The molecule has 1 atom stereocenters. The van der Waals surface area contributed by atoms with Crippen LogP contribution in [0.3, 0.4) is 0 Å². The van der Waals surface area contributed by atoms with Crippen LogP contribution < -0.4 is 5.32 Å². The van der Waals surface area contributed by atoms with Gasteiger partial charge in [-0.3, -0.25) is 9.69 Å². The van der Waals surface area contributed by atoms with Gasteiger partial charge in [-0.1, -0.05) is 20.3 Å². The van der Waals surface area contributed by atoms with Gasteiger partial charge in [0.25, 0.3) is 0 Å².